The van der Waals surface area contributed by atoms with Gasteiger partial charge in [-0.05, 0) is 44.2 Å². The zero-order valence-electron chi connectivity index (χ0n) is 8.79. The number of aryl methyl sites for hydroxylation is 2. The lowest BCUT2D eigenvalue weighted by molar-refractivity contribution is 0.616. The molecule has 1 heterocycles. The molecule has 0 saturated heterocycles. The normalized spacial score (nSPS) is 10.6. The number of hydrogen-bond donors (Lipinski definition) is 1. The average Bonchev–Trinajstić information content (AvgIpc) is 2.51. The number of aromatic nitrogens is 1. The van der Waals surface area contributed by atoms with E-state index < -0.39 is 0 Å². The molecule has 78 valence electrons. The van der Waals surface area contributed by atoms with Crippen molar-refractivity contribution in [2.45, 2.75) is 13.8 Å². The van der Waals surface area contributed by atoms with E-state index >= 15 is 0 Å². The third-order valence-electron chi connectivity index (χ3n) is 2.48. The maximum atomic E-state index is 13.6. The highest BCUT2D eigenvalue weighted by atomic mass is 19.1. The molecule has 0 aliphatic carbocycles. The van der Waals surface area contributed by atoms with Gasteiger partial charge in [0.1, 0.15) is 5.82 Å². The fourth-order valence-electron chi connectivity index (χ4n) is 1.75. The molecule has 1 aromatic carbocycles. The van der Waals surface area contributed by atoms with Crippen molar-refractivity contribution >= 4 is 5.69 Å². The van der Waals surface area contributed by atoms with E-state index in [0.717, 1.165) is 11.4 Å². The largest absolute Gasteiger partial charge is 0.399 e. The van der Waals surface area contributed by atoms with E-state index in [1.165, 1.54) is 6.07 Å². The molecular weight excluding hydrogens is 191 g/mol. The molecule has 15 heavy (non-hydrogen) atoms. The molecule has 0 unspecified atom stereocenters. The minimum Gasteiger partial charge on any atom is -0.399 e. The van der Waals surface area contributed by atoms with Gasteiger partial charge in [-0.2, -0.15) is 0 Å². The van der Waals surface area contributed by atoms with Gasteiger partial charge in [0.15, 0.2) is 0 Å². The smallest absolute Gasteiger partial charge is 0.147 e. The van der Waals surface area contributed by atoms with Crippen LogP contribution >= 0.6 is 0 Å². The Labute approximate surface area is 88.1 Å². The Balaban J connectivity index is 2.68. The summed E-state index contributed by atoms with van der Waals surface area (Å²) in [4.78, 5) is 0. The Hall–Kier alpha value is -1.77. The number of halogens is 1. The first-order valence-corrected chi connectivity index (χ1v) is 4.80. The van der Waals surface area contributed by atoms with Crippen LogP contribution in [0.1, 0.15) is 11.4 Å². The van der Waals surface area contributed by atoms with Gasteiger partial charge < -0.3 is 10.3 Å². The Kier molecular flexibility index (Phi) is 2.23. The summed E-state index contributed by atoms with van der Waals surface area (Å²) in [6.45, 7) is 3.88. The van der Waals surface area contributed by atoms with Gasteiger partial charge in [0.25, 0.3) is 0 Å². The van der Waals surface area contributed by atoms with Crippen molar-refractivity contribution in [1.29, 1.82) is 0 Å². The fraction of sp³-hybridized carbons (Fsp3) is 0.167. The molecule has 2 N–H and O–H groups in total. The van der Waals surface area contributed by atoms with Gasteiger partial charge in [-0.1, -0.05) is 0 Å². The SMILES string of the molecule is Cc1ccc(C)n1-c1cc(N)ccc1F. The lowest BCUT2D eigenvalue weighted by atomic mass is 10.2. The molecule has 0 fully saturated rings. The Bertz CT molecular complexity index is 481. The van der Waals surface area contributed by atoms with Gasteiger partial charge in [-0.25, -0.2) is 4.39 Å². The summed E-state index contributed by atoms with van der Waals surface area (Å²) in [7, 11) is 0. The summed E-state index contributed by atoms with van der Waals surface area (Å²) in [5.41, 5.74) is 8.73. The first kappa shape index (κ1) is 9.77. The summed E-state index contributed by atoms with van der Waals surface area (Å²) in [5, 5.41) is 0. The van der Waals surface area contributed by atoms with Gasteiger partial charge in [0.2, 0.25) is 0 Å². The van der Waals surface area contributed by atoms with Gasteiger partial charge in [0, 0.05) is 17.1 Å². The molecule has 2 aromatic rings. The lowest BCUT2D eigenvalue weighted by Gasteiger charge is -2.11. The van der Waals surface area contributed by atoms with Crippen molar-refractivity contribution < 1.29 is 4.39 Å². The second-order valence-electron chi connectivity index (χ2n) is 3.66. The molecule has 0 aliphatic heterocycles. The van der Waals surface area contributed by atoms with Crippen molar-refractivity contribution in [3.8, 4) is 5.69 Å². The molecule has 0 radical (unpaired) electrons. The summed E-state index contributed by atoms with van der Waals surface area (Å²) < 4.78 is 15.5. The first-order chi connectivity index (χ1) is 7.09. The molecule has 0 spiro atoms. The Morgan fingerprint density at radius 1 is 1.07 bits per heavy atom. The van der Waals surface area contributed by atoms with Gasteiger partial charge in [-0.15, -0.1) is 0 Å². The summed E-state index contributed by atoms with van der Waals surface area (Å²) in [6, 6.07) is 8.52. The van der Waals surface area contributed by atoms with E-state index in [4.69, 9.17) is 5.73 Å². The van der Waals surface area contributed by atoms with Crippen molar-refractivity contribution in [2.24, 2.45) is 0 Å². The molecule has 0 aliphatic rings. The summed E-state index contributed by atoms with van der Waals surface area (Å²) >= 11 is 0. The van der Waals surface area contributed by atoms with Crippen LogP contribution < -0.4 is 5.73 Å². The van der Waals surface area contributed by atoms with Crippen LogP contribution in [-0.2, 0) is 0 Å². The number of anilines is 1. The average molecular weight is 204 g/mol. The third-order valence-corrected chi connectivity index (χ3v) is 2.48. The number of nitrogens with two attached hydrogens (primary N) is 1. The van der Waals surface area contributed by atoms with E-state index in [0.29, 0.717) is 11.4 Å². The van der Waals surface area contributed by atoms with Crippen LogP contribution in [0.4, 0.5) is 10.1 Å². The molecule has 0 amide bonds. The molecule has 0 bridgehead atoms. The number of hydrogen-bond acceptors (Lipinski definition) is 1. The molecule has 2 rings (SSSR count). The van der Waals surface area contributed by atoms with Crippen LogP contribution in [0.2, 0.25) is 0 Å². The van der Waals surface area contributed by atoms with Crippen LogP contribution in [0, 0.1) is 19.7 Å². The van der Waals surface area contributed by atoms with Crippen molar-refractivity contribution in [2.75, 3.05) is 5.73 Å². The number of rotatable bonds is 1. The van der Waals surface area contributed by atoms with E-state index in [2.05, 4.69) is 0 Å². The van der Waals surface area contributed by atoms with E-state index in [1.807, 2.05) is 30.5 Å². The predicted molar refractivity (Wildman–Crippen MR) is 59.6 cm³/mol. The minimum atomic E-state index is -0.258. The molecule has 3 heteroatoms. The zero-order valence-corrected chi connectivity index (χ0v) is 8.79. The maximum Gasteiger partial charge on any atom is 0.147 e. The highest BCUT2D eigenvalue weighted by molar-refractivity contribution is 5.50. The molecule has 1 aromatic heterocycles. The van der Waals surface area contributed by atoms with Crippen molar-refractivity contribution in [1.82, 2.24) is 4.57 Å². The van der Waals surface area contributed by atoms with Gasteiger partial charge in [0.05, 0.1) is 5.69 Å². The molecular formula is C12H13FN2. The summed E-state index contributed by atoms with van der Waals surface area (Å²) in [5.74, 6) is -0.258. The van der Waals surface area contributed by atoms with Crippen LogP contribution in [0.5, 0.6) is 0 Å². The Morgan fingerprint density at radius 3 is 2.27 bits per heavy atom. The lowest BCUT2D eigenvalue weighted by Crippen LogP contribution is -2.02. The fourth-order valence-corrected chi connectivity index (χ4v) is 1.75. The van der Waals surface area contributed by atoms with Gasteiger partial charge in [-0.3, -0.25) is 0 Å². The quantitative estimate of drug-likeness (QED) is 0.711. The number of benzene rings is 1. The topological polar surface area (TPSA) is 30.9 Å². The Morgan fingerprint density at radius 2 is 1.67 bits per heavy atom. The number of nitrogens with zero attached hydrogens (tertiary/aromatic N) is 1. The zero-order chi connectivity index (χ0) is 11.0. The van der Waals surface area contributed by atoms with Crippen LogP contribution in [0.15, 0.2) is 30.3 Å². The van der Waals surface area contributed by atoms with Crippen molar-refractivity contribution in [3.05, 3.63) is 47.5 Å². The number of nitrogen functional groups attached to an aromatic ring is 1. The van der Waals surface area contributed by atoms with E-state index in [9.17, 15) is 4.39 Å². The second-order valence-corrected chi connectivity index (χ2v) is 3.66. The van der Waals surface area contributed by atoms with Crippen molar-refractivity contribution in [3.63, 3.8) is 0 Å². The van der Waals surface area contributed by atoms with E-state index in [1.54, 1.807) is 12.1 Å². The minimum absolute atomic E-state index is 0.258. The second kappa shape index (κ2) is 3.42. The predicted octanol–water partition coefficient (Wildman–Crippen LogP) is 2.82. The first-order valence-electron chi connectivity index (χ1n) is 4.80. The maximum absolute atomic E-state index is 13.6. The molecule has 2 nitrogen and oxygen atoms in total. The standard InChI is InChI=1S/C12H13FN2/c1-8-3-4-9(2)15(8)12-7-10(14)5-6-11(12)13/h3-7H,14H2,1-2H3. The molecule has 0 saturated carbocycles. The van der Waals surface area contributed by atoms with Crippen LogP contribution in [0.25, 0.3) is 5.69 Å². The van der Waals surface area contributed by atoms with Crippen LogP contribution in [0.3, 0.4) is 0 Å². The van der Waals surface area contributed by atoms with E-state index in [-0.39, 0.29) is 5.82 Å². The highest BCUT2D eigenvalue weighted by Crippen LogP contribution is 2.21. The monoisotopic (exact) mass is 204 g/mol. The highest BCUT2D eigenvalue weighted by Gasteiger charge is 2.08. The van der Waals surface area contributed by atoms with Gasteiger partial charge >= 0.3 is 0 Å². The van der Waals surface area contributed by atoms with Crippen LogP contribution in [-0.4, -0.2) is 4.57 Å². The molecule has 0 atom stereocenters. The third kappa shape index (κ3) is 1.61. The summed E-state index contributed by atoms with van der Waals surface area (Å²) in [6.07, 6.45) is 0.